The molecule has 6 nitrogen and oxygen atoms in total. The van der Waals surface area contributed by atoms with E-state index in [1.54, 1.807) is 0 Å². The normalized spacial score (nSPS) is 9.63. The number of hydrogen-bond acceptors (Lipinski definition) is 3. The van der Waals surface area contributed by atoms with Gasteiger partial charge >= 0.3 is 0 Å². The largest absolute Gasteiger partial charge is 0.343 e. The highest BCUT2D eigenvalue weighted by Crippen LogP contribution is 2.18. The third kappa shape index (κ3) is 5.58. The van der Waals surface area contributed by atoms with Crippen LogP contribution < -0.4 is 16.2 Å². The first-order chi connectivity index (χ1) is 8.88. The van der Waals surface area contributed by atoms with Gasteiger partial charge in [-0.05, 0) is 18.2 Å². The van der Waals surface area contributed by atoms with Gasteiger partial charge in [0.15, 0.2) is 0 Å². The molecular weight excluding hydrogens is 293 g/mol. The number of hydrazine groups is 1. The van der Waals surface area contributed by atoms with Crippen LogP contribution in [0.5, 0.6) is 0 Å². The molecule has 0 bridgehead atoms. The van der Waals surface area contributed by atoms with Crippen molar-refractivity contribution in [2.45, 2.75) is 6.92 Å². The second-order valence-corrected chi connectivity index (χ2v) is 4.44. The molecule has 0 aliphatic rings. The van der Waals surface area contributed by atoms with Crippen LogP contribution in [-0.4, -0.2) is 24.3 Å². The third-order valence-electron chi connectivity index (χ3n) is 1.91. The summed E-state index contributed by atoms with van der Waals surface area (Å²) >= 11 is 11.5. The van der Waals surface area contributed by atoms with E-state index < -0.39 is 17.7 Å². The van der Waals surface area contributed by atoms with Gasteiger partial charge < -0.3 is 5.32 Å². The molecule has 19 heavy (non-hydrogen) atoms. The first-order valence-corrected chi connectivity index (χ1v) is 5.94. The predicted octanol–water partition coefficient (Wildman–Crippen LogP) is 0.891. The van der Waals surface area contributed by atoms with Gasteiger partial charge in [-0.15, -0.1) is 0 Å². The maximum atomic E-state index is 11.7. The lowest BCUT2D eigenvalue weighted by atomic mass is 10.2. The fraction of sp³-hybridized carbons (Fsp3) is 0.182. The minimum atomic E-state index is -0.559. The van der Waals surface area contributed by atoms with E-state index >= 15 is 0 Å². The van der Waals surface area contributed by atoms with Gasteiger partial charge in [0.2, 0.25) is 5.91 Å². The van der Waals surface area contributed by atoms with E-state index in [0.29, 0.717) is 10.0 Å². The maximum Gasteiger partial charge on any atom is 0.257 e. The van der Waals surface area contributed by atoms with Crippen molar-refractivity contribution in [3.05, 3.63) is 33.8 Å². The Bertz CT molecular complexity index is 500. The SMILES string of the molecule is CC(=O)NNC(=O)CNC(=O)c1cc(Cl)cc(Cl)c1. The summed E-state index contributed by atoms with van der Waals surface area (Å²) in [5.74, 6) is -1.47. The van der Waals surface area contributed by atoms with Crippen LogP contribution in [-0.2, 0) is 9.59 Å². The molecule has 0 aliphatic carbocycles. The monoisotopic (exact) mass is 303 g/mol. The molecule has 0 aliphatic heterocycles. The molecule has 0 unspecified atom stereocenters. The number of nitrogens with one attached hydrogen (secondary N) is 3. The summed E-state index contributed by atoms with van der Waals surface area (Å²) in [6.07, 6.45) is 0. The number of amides is 3. The second-order valence-electron chi connectivity index (χ2n) is 3.57. The summed E-state index contributed by atoms with van der Waals surface area (Å²) in [5.41, 5.74) is 4.44. The van der Waals surface area contributed by atoms with Gasteiger partial charge in [-0.25, -0.2) is 0 Å². The van der Waals surface area contributed by atoms with Crippen molar-refractivity contribution in [1.29, 1.82) is 0 Å². The van der Waals surface area contributed by atoms with Gasteiger partial charge in [-0.2, -0.15) is 0 Å². The quantitative estimate of drug-likeness (QED) is 0.725. The van der Waals surface area contributed by atoms with E-state index in [9.17, 15) is 14.4 Å². The van der Waals surface area contributed by atoms with Crippen molar-refractivity contribution in [2.75, 3.05) is 6.54 Å². The molecule has 0 fully saturated rings. The van der Waals surface area contributed by atoms with E-state index in [1.807, 2.05) is 0 Å². The van der Waals surface area contributed by atoms with Crippen molar-refractivity contribution in [3.8, 4) is 0 Å². The fourth-order valence-corrected chi connectivity index (χ4v) is 1.68. The molecule has 0 heterocycles. The van der Waals surface area contributed by atoms with E-state index in [0.717, 1.165) is 0 Å². The molecule has 0 saturated carbocycles. The minimum Gasteiger partial charge on any atom is -0.343 e. The molecule has 1 aromatic carbocycles. The van der Waals surface area contributed by atoms with Crippen LogP contribution in [0, 0.1) is 0 Å². The Hall–Kier alpha value is -1.79. The molecular formula is C11H11Cl2N3O3. The molecule has 8 heteroatoms. The van der Waals surface area contributed by atoms with Crippen molar-refractivity contribution in [2.24, 2.45) is 0 Å². The van der Waals surface area contributed by atoms with Gasteiger partial charge in [0, 0.05) is 22.5 Å². The molecule has 0 radical (unpaired) electrons. The Balaban J connectivity index is 2.51. The van der Waals surface area contributed by atoms with Crippen molar-refractivity contribution < 1.29 is 14.4 Å². The third-order valence-corrected chi connectivity index (χ3v) is 2.35. The van der Waals surface area contributed by atoms with Gasteiger partial charge in [0.1, 0.15) is 0 Å². The van der Waals surface area contributed by atoms with Crippen LogP contribution >= 0.6 is 23.2 Å². The van der Waals surface area contributed by atoms with Crippen LogP contribution in [0.4, 0.5) is 0 Å². The van der Waals surface area contributed by atoms with Crippen LogP contribution in [0.3, 0.4) is 0 Å². The zero-order valence-electron chi connectivity index (χ0n) is 9.92. The standard InChI is InChI=1S/C11H11Cl2N3O3/c1-6(17)15-16-10(18)5-14-11(19)7-2-8(12)4-9(13)3-7/h2-4H,5H2,1H3,(H,14,19)(H,15,17)(H,16,18). The zero-order chi connectivity index (χ0) is 14.4. The summed E-state index contributed by atoms with van der Waals surface area (Å²) in [6.45, 7) is 0.954. The molecule has 0 aromatic heterocycles. The van der Waals surface area contributed by atoms with Crippen LogP contribution in [0.25, 0.3) is 0 Å². The summed E-state index contributed by atoms with van der Waals surface area (Å²) in [7, 11) is 0. The van der Waals surface area contributed by atoms with Gasteiger partial charge in [-0.3, -0.25) is 25.2 Å². The van der Waals surface area contributed by atoms with Gasteiger partial charge in [0.05, 0.1) is 6.54 Å². The molecule has 102 valence electrons. The smallest absolute Gasteiger partial charge is 0.257 e. The van der Waals surface area contributed by atoms with E-state index in [2.05, 4.69) is 16.2 Å². The van der Waals surface area contributed by atoms with Crippen molar-refractivity contribution in [3.63, 3.8) is 0 Å². The van der Waals surface area contributed by atoms with Crippen LogP contribution in [0.1, 0.15) is 17.3 Å². The highest BCUT2D eigenvalue weighted by Gasteiger charge is 2.09. The Morgan fingerprint density at radius 2 is 1.63 bits per heavy atom. The highest BCUT2D eigenvalue weighted by atomic mass is 35.5. The zero-order valence-corrected chi connectivity index (χ0v) is 11.4. The molecule has 1 rings (SSSR count). The summed E-state index contributed by atoms with van der Waals surface area (Å²) in [5, 5.41) is 3.00. The molecule has 1 aromatic rings. The number of benzene rings is 1. The van der Waals surface area contributed by atoms with Crippen LogP contribution in [0.15, 0.2) is 18.2 Å². The Labute approximate surface area is 119 Å². The molecule has 0 atom stereocenters. The Kier molecular flexibility index (Phi) is 5.59. The first kappa shape index (κ1) is 15.3. The number of hydrogen-bond donors (Lipinski definition) is 3. The second kappa shape index (κ2) is 6.96. The highest BCUT2D eigenvalue weighted by molar-refractivity contribution is 6.35. The van der Waals surface area contributed by atoms with E-state index in [4.69, 9.17) is 23.2 Å². The lowest BCUT2D eigenvalue weighted by Gasteiger charge is -2.07. The predicted molar refractivity (Wildman–Crippen MR) is 70.8 cm³/mol. The van der Waals surface area contributed by atoms with Crippen molar-refractivity contribution in [1.82, 2.24) is 16.2 Å². The van der Waals surface area contributed by atoms with Gasteiger partial charge in [0.25, 0.3) is 11.8 Å². The summed E-state index contributed by atoms with van der Waals surface area (Å²) in [4.78, 5) is 33.5. The van der Waals surface area contributed by atoms with Crippen LogP contribution in [0.2, 0.25) is 10.0 Å². The maximum absolute atomic E-state index is 11.7. The fourth-order valence-electron chi connectivity index (χ4n) is 1.15. The number of halogens is 2. The lowest BCUT2D eigenvalue weighted by molar-refractivity contribution is -0.127. The van der Waals surface area contributed by atoms with E-state index in [-0.39, 0.29) is 12.1 Å². The number of carbonyl (C=O) groups excluding carboxylic acids is 3. The first-order valence-electron chi connectivity index (χ1n) is 5.18. The molecule has 0 saturated heterocycles. The number of rotatable bonds is 3. The Morgan fingerprint density at radius 1 is 1.05 bits per heavy atom. The van der Waals surface area contributed by atoms with Gasteiger partial charge in [-0.1, -0.05) is 23.2 Å². The molecule has 3 N–H and O–H groups in total. The summed E-state index contributed by atoms with van der Waals surface area (Å²) in [6, 6.07) is 4.34. The average molecular weight is 304 g/mol. The lowest BCUT2D eigenvalue weighted by Crippen LogP contribution is -2.45. The summed E-state index contributed by atoms with van der Waals surface area (Å²) < 4.78 is 0. The molecule has 0 spiro atoms. The topological polar surface area (TPSA) is 87.3 Å². The number of carbonyl (C=O) groups is 3. The van der Waals surface area contributed by atoms with Crippen molar-refractivity contribution >= 4 is 40.9 Å². The Morgan fingerprint density at radius 3 is 2.16 bits per heavy atom. The molecule has 3 amide bonds. The average Bonchev–Trinajstić information content (AvgIpc) is 2.32. The van der Waals surface area contributed by atoms with E-state index in [1.165, 1.54) is 25.1 Å². The minimum absolute atomic E-state index is 0.241.